The third kappa shape index (κ3) is 5.64. The van der Waals surface area contributed by atoms with Crippen molar-refractivity contribution in [2.75, 3.05) is 26.5 Å². The van der Waals surface area contributed by atoms with E-state index in [9.17, 15) is 15.0 Å². The van der Waals surface area contributed by atoms with Gasteiger partial charge in [-0.25, -0.2) is 0 Å². The minimum Gasteiger partial charge on any atom is -0.497 e. The summed E-state index contributed by atoms with van der Waals surface area (Å²) in [5.41, 5.74) is 3.04. The molecule has 6 nitrogen and oxygen atoms in total. The van der Waals surface area contributed by atoms with E-state index in [4.69, 9.17) is 4.74 Å². The Hall–Kier alpha value is -2.61. The number of carbonyl (C=O) groups is 1. The fourth-order valence-electron chi connectivity index (χ4n) is 6.13. The summed E-state index contributed by atoms with van der Waals surface area (Å²) in [7, 11) is 1.62. The standard InChI is InChI=1S/C30H36N2O4S/c1-36-23-7-8-28-26(17-23)25(10-12-31-28)29(33)9-6-19-11-13-32(18-27(19)30(34)35)22-14-21(15-22)20-4-3-5-24(16-20)37-2/h3-5,7-8,10,12,16-17,19,21-22,27,29,33H,6,9,11,13-15,18H2,1-2H3,(H,34,35)/t19-,21?,22?,27+,29+/m1/s1. The van der Waals surface area contributed by atoms with Crippen molar-refractivity contribution in [3.05, 3.63) is 65.9 Å². The number of hydrogen-bond donors (Lipinski definition) is 2. The fourth-order valence-corrected chi connectivity index (χ4v) is 6.60. The van der Waals surface area contributed by atoms with Crippen LogP contribution in [0.15, 0.2) is 59.6 Å². The second-order valence-electron chi connectivity index (χ2n) is 10.5. The van der Waals surface area contributed by atoms with Gasteiger partial charge in [-0.1, -0.05) is 12.1 Å². The van der Waals surface area contributed by atoms with Crippen LogP contribution in [0, 0.1) is 11.8 Å². The van der Waals surface area contributed by atoms with E-state index in [0.717, 1.165) is 48.0 Å². The van der Waals surface area contributed by atoms with Crippen LogP contribution in [0.4, 0.5) is 0 Å². The summed E-state index contributed by atoms with van der Waals surface area (Å²) in [5.74, 6) is 0.255. The predicted octanol–water partition coefficient (Wildman–Crippen LogP) is 5.75. The van der Waals surface area contributed by atoms with Gasteiger partial charge >= 0.3 is 5.97 Å². The Bertz CT molecular complexity index is 1250. The minimum absolute atomic E-state index is 0.0696. The van der Waals surface area contributed by atoms with Crippen molar-refractivity contribution in [3.8, 4) is 5.75 Å². The van der Waals surface area contributed by atoms with Gasteiger partial charge in [-0.15, -0.1) is 11.8 Å². The van der Waals surface area contributed by atoms with E-state index in [1.54, 1.807) is 25.1 Å². The van der Waals surface area contributed by atoms with Crippen molar-refractivity contribution >= 4 is 28.6 Å². The lowest BCUT2D eigenvalue weighted by Gasteiger charge is -2.47. The number of aliphatic hydroxyl groups is 1. The molecule has 0 amide bonds. The van der Waals surface area contributed by atoms with Crippen LogP contribution in [0.2, 0.25) is 0 Å². The van der Waals surface area contributed by atoms with Gasteiger partial charge in [-0.3, -0.25) is 14.7 Å². The molecule has 2 N–H and O–H groups in total. The number of thioether (sulfide) groups is 1. The van der Waals surface area contributed by atoms with Crippen molar-refractivity contribution in [1.82, 2.24) is 9.88 Å². The molecule has 2 aliphatic rings. The molecule has 0 bridgehead atoms. The highest BCUT2D eigenvalue weighted by Crippen LogP contribution is 2.43. The van der Waals surface area contributed by atoms with Crippen LogP contribution < -0.4 is 4.74 Å². The van der Waals surface area contributed by atoms with Gasteiger partial charge in [0.05, 0.1) is 24.6 Å². The SMILES string of the molecule is COc1ccc2nccc([C@@H](O)CC[C@@H]3CCN(C4CC(c5cccc(SC)c5)C4)C[C@@H]3C(=O)O)c2c1. The maximum absolute atomic E-state index is 12.2. The summed E-state index contributed by atoms with van der Waals surface area (Å²) in [4.78, 5) is 20.4. The number of piperidine rings is 1. The summed E-state index contributed by atoms with van der Waals surface area (Å²) in [6.07, 6.45) is 7.44. The molecule has 3 aromatic rings. The zero-order valence-electron chi connectivity index (χ0n) is 21.5. The van der Waals surface area contributed by atoms with Crippen LogP contribution in [0.3, 0.4) is 0 Å². The Morgan fingerprint density at radius 2 is 2.05 bits per heavy atom. The van der Waals surface area contributed by atoms with Gasteiger partial charge in [0.25, 0.3) is 0 Å². The molecule has 2 aromatic carbocycles. The Balaban J connectivity index is 1.19. The van der Waals surface area contributed by atoms with Crippen molar-refractivity contribution in [3.63, 3.8) is 0 Å². The number of likely N-dealkylation sites (tertiary alicyclic amines) is 1. The topological polar surface area (TPSA) is 82.9 Å². The monoisotopic (exact) mass is 520 g/mol. The van der Waals surface area contributed by atoms with Crippen molar-refractivity contribution in [2.24, 2.45) is 11.8 Å². The average Bonchev–Trinajstić information content (AvgIpc) is 2.90. The molecule has 1 aromatic heterocycles. The van der Waals surface area contributed by atoms with E-state index < -0.39 is 18.0 Å². The molecule has 0 radical (unpaired) electrons. The molecule has 7 heteroatoms. The molecular formula is C30H36N2O4S. The van der Waals surface area contributed by atoms with Crippen LogP contribution in [0.1, 0.15) is 55.3 Å². The van der Waals surface area contributed by atoms with Gasteiger partial charge in [0, 0.05) is 29.1 Å². The van der Waals surface area contributed by atoms with E-state index in [1.165, 1.54) is 10.5 Å². The number of ether oxygens (including phenoxy) is 1. The van der Waals surface area contributed by atoms with E-state index in [1.807, 2.05) is 24.3 Å². The first-order valence-electron chi connectivity index (χ1n) is 13.2. The number of aliphatic hydroxyl groups excluding tert-OH is 1. The second-order valence-corrected chi connectivity index (χ2v) is 11.3. The molecule has 5 rings (SSSR count). The van der Waals surface area contributed by atoms with E-state index >= 15 is 0 Å². The highest BCUT2D eigenvalue weighted by atomic mass is 32.2. The number of carboxylic acid groups (broad SMARTS) is 1. The minimum atomic E-state index is -0.716. The number of benzene rings is 2. The Labute approximate surface area is 223 Å². The average molecular weight is 521 g/mol. The molecule has 0 spiro atoms. The second kappa shape index (κ2) is 11.4. The summed E-state index contributed by atoms with van der Waals surface area (Å²) < 4.78 is 5.36. The summed E-state index contributed by atoms with van der Waals surface area (Å²) in [6, 6.07) is 16.8. The summed E-state index contributed by atoms with van der Waals surface area (Å²) in [6.45, 7) is 1.54. The first-order chi connectivity index (χ1) is 18.0. The fraction of sp³-hybridized carbons (Fsp3) is 0.467. The zero-order valence-corrected chi connectivity index (χ0v) is 22.4. The maximum Gasteiger partial charge on any atom is 0.308 e. The van der Waals surface area contributed by atoms with Crippen LogP contribution in [0.25, 0.3) is 10.9 Å². The number of pyridine rings is 1. The highest BCUT2D eigenvalue weighted by Gasteiger charge is 2.41. The van der Waals surface area contributed by atoms with Gasteiger partial charge in [0.1, 0.15) is 5.75 Å². The van der Waals surface area contributed by atoms with Gasteiger partial charge in [-0.2, -0.15) is 0 Å². The van der Waals surface area contributed by atoms with Crippen molar-refractivity contribution in [2.45, 2.75) is 55.1 Å². The highest BCUT2D eigenvalue weighted by molar-refractivity contribution is 7.98. The molecule has 0 unspecified atom stereocenters. The molecule has 37 heavy (non-hydrogen) atoms. The predicted molar refractivity (Wildman–Crippen MR) is 147 cm³/mol. The first kappa shape index (κ1) is 26.0. The molecule has 3 atom stereocenters. The largest absolute Gasteiger partial charge is 0.497 e. The lowest BCUT2D eigenvalue weighted by atomic mass is 9.73. The number of hydrogen-bond acceptors (Lipinski definition) is 6. The van der Waals surface area contributed by atoms with Gasteiger partial charge in [0.15, 0.2) is 0 Å². The number of fused-ring (bicyclic) bond motifs is 1. The van der Waals surface area contributed by atoms with Crippen molar-refractivity contribution < 1.29 is 19.7 Å². The summed E-state index contributed by atoms with van der Waals surface area (Å²) in [5, 5.41) is 22.0. The molecule has 1 saturated carbocycles. The molecule has 2 heterocycles. The Morgan fingerprint density at radius 3 is 2.81 bits per heavy atom. The number of aromatic nitrogens is 1. The van der Waals surface area contributed by atoms with Gasteiger partial charge in [-0.05, 0) is 104 Å². The lowest BCUT2D eigenvalue weighted by Crippen LogP contribution is -2.52. The lowest BCUT2D eigenvalue weighted by molar-refractivity contribution is -0.147. The van der Waals surface area contributed by atoms with Gasteiger partial charge in [0.2, 0.25) is 0 Å². The molecular weight excluding hydrogens is 484 g/mol. The molecule has 2 fully saturated rings. The van der Waals surface area contributed by atoms with Crippen LogP contribution >= 0.6 is 11.8 Å². The number of methoxy groups -OCH3 is 1. The number of rotatable bonds is 9. The summed E-state index contributed by atoms with van der Waals surface area (Å²) >= 11 is 1.77. The molecule has 196 valence electrons. The Morgan fingerprint density at radius 1 is 1.22 bits per heavy atom. The molecule has 1 aliphatic carbocycles. The van der Waals surface area contributed by atoms with E-state index in [2.05, 4.69) is 40.4 Å². The number of aliphatic carboxylic acids is 1. The maximum atomic E-state index is 12.2. The van der Waals surface area contributed by atoms with E-state index in [-0.39, 0.29) is 5.92 Å². The van der Waals surface area contributed by atoms with Crippen molar-refractivity contribution in [1.29, 1.82) is 0 Å². The van der Waals surface area contributed by atoms with Gasteiger partial charge < -0.3 is 14.9 Å². The van der Waals surface area contributed by atoms with Crippen LogP contribution in [-0.2, 0) is 4.79 Å². The third-order valence-electron chi connectivity index (χ3n) is 8.45. The van der Waals surface area contributed by atoms with Crippen LogP contribution in [-0.4, -0.2) is 58.6 Å². The zero-order chi connectivity index (χ0) is 25.9. The first-order valence-corrected chi connectivity index (χ1v) is 14.4. The number of nitrogens with zero attached hydrogens (tertiary/aromatic N) is 2. The van der Waals surface area contributed by atoms with Crippen LogP contribution in [0.5, 0.6) is 5.75 Å². The smallest absolute Gasteiger partial charge is 0.308 e. The van der Waals surface area contributed by atoms with E-state index in [0.29, 0.717) is 31.3 Å². The molecule has 1 saturated heterocycles. The quantitative estimate of drug-likeness (QED) is 0.348. The Kier molecular flexibility index (Phi) is 8.03. The molecule has 1 aliphatic heterocycles. The third-order valence-corrected chi connectivity index (χ3v) is 9.18. The normalized spacial score (nSPS) is 24.9. The number of carboxylic acids is 1.